The fourth-order valence-corrected chi connectivity index (χ4v) is 3.32. The number of hydrogen-bond donors (Lipinski definition) is 1. The number of nitrogens with one attached hydrogen (secondary N) is 1. The Morgan fingerprint density at radius 3 is 2.88 bits per heavy atom. The molecule has 0 aliphatic carbocycles. The van der Waals surface area contributed by atoms with Gasteiger partial charge in [-0.05, 0) is 52.4 Å². The molecule has 0 bridgehead atoms. The number of benzene rings is 1. The normalized spacial score (nSPS) is 19.0. The van der Waals surface area contributed by atoms with Crippen LogP contribution in [-0.2, 0) is 11.8 Å². The van der Waals surface area contributed by atoms with Crippen LogP contribution in [0, 0.1) is 5.92 Å². The van der Waals surface area contributed by atoms with Crippen LogP contribution in [0.3, 0.4) is 0 Å². The summed E-state index contributed by atoms with van der Waals surface area (Å²) in [4.78, 5) is 14.9. The predicted octanol–water partition coefficient (Wildman–Crippen LogP) is 2.64. The molecule has 130 valence electrons. The average Bonchev–Trinajstić information content (AvgIpc) is 2.84. The molecule has 1 aromatic heterocycles. The van der Waals surface area contributed by atoms with Crippen LogP contribution in [0.15, 0.2) is 18.2 Å². The van der Waals surface area contributed by atoms with E-state index >= 15 is 0 Å². The molecule has 3 rings (SSSR count). The van der Waals surface area contributed by atoms with Gasteiger partial charge in [-0.15, -0.1) is 0 Å². The van der Waals surface area contributed by atoms with E-state index in [1.54, 1.807) is 4.68 Å². The number of carbonyl (C=O) groups is 1. The molecule has 1 aromatic carbocycles. The maximum Gasteiger partial charge on any atom is 0.229 e. The minimum absolute atomic E-state index is 0.0129. The maximum absolute atomic E-state index is 12.7. The molecule has 0 spiro atoms. The van der Waals surface area contributed by atoms with Gasteiger partial charge in [0.25, 0.3) is 0 Å². The smallest absolute Gasteiger partial charge is 0.229 e. The Bertz CT molecular complexity index is 738. The monoisotopic (exact) mass is 330 g/mol. The quantitative estimate of drug-likeness (QED) is 0.936. The van der Waals surface area contributed by atoms with Crippen molar-refractivity contribution in [3.05, 3.63) is 18.2 Å². The van der Waals surface area contributed by atoms with Crippen molar-refractivity contribution in [2.24, 2.45) is 13.0 Å². The number of rotatable bonds is 4. The van der Waals surface area contributed by atoms with E-state index in [1.165, 1.54) is 0 Å². The molecule has 2 heterocycles. The fraction of sp³-hybridized carbons (Fsp3) is 0.556. The molecule has 1 atom stereocenters. The summed E-state index contributed by atoms with van der Waals surface area (Å²) in [7, 11) is 3.94. The van der Waals surface area contributed by atoms with Crippen LogP contribution in [0.25, 0.3) is 10.9 Å². The van der Waals surface area contributed by atoms with Gasteiger partial charge in [0, 0.05) is 13.6 Å². The van der Waals surface area contributed by atoms with Gasteiger partial charge in [0.05, 0.1) is 22.9 Å². The summed E-state index contributed by atoms with van der Waals surface area (Å²) in [5.41, 5.74) is 0.948. The van der Waals surface area contributed by atoms with Crippen LogP contribution in [0.4, 0.5) is 5.82 Å². The molecule has 24 heavy (non-hydrogen) atoms. The van der Waals surface area contributed by atoms with Gasteiger partial charge < -0.3 is 15.0 Å². The lowest BCUT2D eigenvalue weighted by molar-refractivity contribution is -0.121. The Hall–Kier alpha value is -2.08. The number of anilines is 1. The molecule has 6 nitrogen and oxygen atoms in total. The van der Waals surface area contributed by atoms with E-state index in [1.807, 2.05) is 39.1 Å². The molecule has 1 amide bonds. The van der Waals surface area contributed by atoms with E-state index in [0.717, 1.165) is 42.6 Å². The average molecular weight is 330 g/mol. The highest BCUT2D eigenvalue weighted by Crippen LogP contribution is 2.33. The zero-order valence-corrected chi connectivity index (χ0v) is 14.9. The molecule has 6 heteroatoms. The molecule has 1 fully saturated rings. The number of carbonyl (C=O) groups excluding carboxylic acids is 1. The lowest BCUT2D eigenvalue weighted by Crippen LogP contribution is -2.38. The Morgan fingerprint density at radius 2 is 2.17 bits per heavy atom. The summed E-state index contributed by atoms with van der Waals surface area (Å²) in [6.07, 6.45) is 2.04. The van der Waals surface area contributed by atoms with Gasteiger partial charge >= 0.3 is 0 Å². The van der Waals surface area contributed by atoms with Crippen molar-refractivity contribution >= 4 is 22.6 Å². The molecule has 1 aliphatic heterocycles. The number of aryl methyl sites for hydroxylation is 1. The molecule has 1 aliphatic rings. The van der Waals surface area contributed by atoms with E-state index in [0.29, 0.717) is 5.82 Å². The first-order valence-electron chi connectivity index (χ1n) is 8.57. The zero-order chi connectivity index (χ0) is 17.3. The molecule has 1 saturated heterocycles. The number of aromatic nitrogens is 2. The van der Waals surface area contributed by atoms with Crippen molar-refractivity contribution in [3.8, 4) is 5.75 Å². The van der Waals surface area contributed by atoms with E-state index in [2.05, 4.69) is 22.4 Å². The van der Waals surface area contributed by atoms with Crippen molar-refractivity contribution in [2.75, 3.05) is 25.5 Å². The zero-order valence-electron chi connectivity index (χ0n) is 14.9. The van der Waals surface area contributed by atoms with Crippen LogP contribution in [-0.4, -0.2) is 46.8 Å². The fourth-order valence-electron chi connectivity index (χ4n) is 3.32. The number of piperidine rings is 1. The summed E-state index contributed by atoms with van der Waals surface area (Å²) < 4.78 is 7.70. The van der Waals surface area contributed by atoms with E-state index in [4.69, 9.17) is 4.74 Å². The Morgan fingerprint density at radius 1 is 1.38 bits per heavy atom. The third-order valence-corrected chi connectivity index (χ3v) is 4.44. The third-order valence-electron chi connectivity index (χ3n) is 4.44. The molecule has 1 N–H and O–H groups in total. The number of likely N-dealkylation sites (tertiary alicyclic amines) is 1. The molecular formula is C18H26N4O2. The predicted molar refractivity (Wildman–Crippen MR) is 95.3 cm³/mol. The SMILES string of the molecule is CC(C)Oc1cccc2c1c(NC(=O)C1CCCN(C)C1)nn2C. The van der Waals surface area contributed by atoms with Crippen LogP contribution in [0.1, 0.15) is 26.7 Å². The van der Waals surface area contributed by atoms with E-state index in [9.17, 15) is 4.79 Å². The summed E-state index contributed by atoms with van der Waals surface area (Å²) >= 11 is 0. The van der Waals surface area contributed by atoms with E-state index in [-0.39, 0.29) is 17.9 Å². The summed E-state index contributed by atoms with van der Waals surface area (Å²) in [5.74, 6) is 1.40. The summed E-state index contributed by atoms with van der Waals surface area (Å²) in [6, 6.07) is 5.86. The second-order valence-electron chi connectivity index (χ2n) is 6.88. The number of nitrogens with zero attached hydrogens (tertiary/aromatic N) is 3. The van der Waals surface area contributed by atoms with Crippen molar-refractivity contribution in [1.82, 2.24) is 14.7 Å². The lowest BCUT2D eigenvalue weighted by atomic mass is 9.97. The largest absolute Gasteiger partial charge is 0.490 e. The van der Waals surface area contributed by atoms with Gasteiger partial charge in [0.15, 0.2) is 5.82 Å². The van der Waals surface area contributed by atoms with Gasteiger partial charge in [0.1, 0.15) is 5.75 Å². The van der Waals surface area contributed by atoms with Gasteiger partial charge in [-0.3, -0.25) is 9.48 Å². The second kappa shape index (κ2) is 6.81. The van der Waals surface area contributed by atoms with Gasteiger partial charge in [-0.2, -0.15) is 5.10 Å². The van der Waals surface area contributed by atoms with Gasteiger partial charge in [-0.1, -0.05) is 6.07 Å². The standard InChI is InChI=1S/C18H26N4O2/c1-12(2)24-15-9-5-8-14-16(15)17(20-22(14)4)19-18(23)13-7-6-10-21(3)11-13/h5,8-9,12-13H,6-7,10-11H2,1-4H3,(H,19,20,23). The first-order valence-corrected chi connectivity index (χ1v) is 8.57. The summed E-state index contributed by atoms with van der Waals surface area (Å²) in [6.45, 7) is 5.84. The molecule has 2 aromatic rings. The highest BCUT2D eigenvalue weighted by Gasteiger charge is 2.26. The molecule has 0 radical (unpaired) electrons. The maximum atomic E-state index is 12.7. The number of amides is 1. The highest BCUT2D eigenvalue weighted by molar-refractivity contribution is 6.03. The van der Waals surface area contributed by atoms with Crippen LogP contribution < -0.4 is 10.1 Å². The number of hydrogen-bond acceptors (Lipinski definition) is 4. The second-order valence-corrected chi connectivity index (χ2v) is 6.88. The van der Waals surface area contributed by atoms with Gasteiger partial charge in [0.2, 0.25) is 5.91 Å². The van der Waals surface area contributed by atoms with Crippen LogP contribution in [0.2, 0.25) is 0 Å². The highest BCUT2D eigenvalue weighted by atomic mass is 16.5. The van der Waals surface area contributed by atoms with Crippen molar-refractivity contribution < 1.29 is 9.53 Å². The van der Waals surface area contributed by atoms with Crippen molar-refractivity contribution in [3.63, 3.8) is 0 Å². The topological polar surface area (TPSA) is 59.4 Å². The Kier molecular flexibility index (Phi) is 4.76. The molecular weight excluding hydrogens is 304 g/mol. The first kappa shape index (κ1) is 16.8. The first-order chi connectivity index (χ1) is 11.5. The van der Waals surface area contributed by atoms with E-state index < -0.39 is 0 Å². The minimum atomic E-state index is 0.0129. The van der Waals surface area contributed by atoms with Crippen LogP contribution >= 0.6 is 0 Å². The Balaban J connectivity index is 1.90. The van der Waals surface area contributed by atoms with Crippen molar-refractivity contribution in [2.45, 2.75) is 32.8 Å². The lowest BCUT2D eigenvalue weighted by Gasteiger charge is -2.28. The molecule has 1 unspecified atom stereocenters. The molecule has 0 saturated carbocycles. The Labute approximate surface area is 142 Å². The van der Waals surface area contributed by atoms with Crippen LogP contribution in [0.5, 0.6) is 5.75 Å². The number of fused-ring (bicyclic) bond motifs is 1. The summed E-state index contributed by atoms with van der Waals surface area (Å²) in [5, 5.41) is 8.40. The minimum Gasteiger partial charge on any atom is -0.490 e. The number of ether oxygens (including phenoxy) is 1. The third kappa shape index (κ3) is 3.38. The van der Waals surface area contributed by atoms with Gasteiger partial charge in [-0.25, -0.2) is 0 Å². The van der Waals surface area contributed by atoms with Crippen molar-refractivity contribution in [1.29, 1.82) is 0 Å².